The molecule has 3 unspecified atom stereocenters. The van der Waals surface area contributed by atoms with Crippen molar-refractivity contribution in [3.8, 4) is 0 Å². The number of carbonyl (C=O) groups excluding carboxylic acids is 1. The number of carbonyl (C=O) groups is 2. The van der Waals surface area contributed by atoms with Crippen LogP contribution in [0.5, 0.6) is 0 Å². The lowest BCUT2D eigenvalue weighted by molar-refractivity contribution is -0.227. The van der Waals surface area contributed by atoms with E-state index < -0.39 is 30.5 Å². The first kappa shape index (κ1) is 15.1. The maximum atomic E-state index is 13.0. The van der Waals surface area contributed by atoms with E-state index in [9.17, 15) is 22.8 Å². The Morgan fingerprint density at radius 2 is 2.00 bits per heavy atom. The minimum Gasteiger partial charge on any atom is -0.481 e. The normalized spacial score (nSPS) is 34.5. The van der Waals surface area contributed by atoms with Crippen LogP contribution in [0.3, 0.4) is 0 Å². The number of alkyl halides is 3. The molecule has 0 spiro atoms. The molecule has 2 saturated heterocycles. The molecule has 0 aliphatic carbocycles. The third kappa shape index (κ3) is 2.25. The zero-order valence-electron chi connectivity index (χ0n) is 11.0. The molecule has 2 fully saturated rings. The van der Waals surface area contributed by atoms with Crippen LogP contribution in [0.2, 0.25) is 0 Å². The molecule has 3 atom stereocenters. The van der Waals surface area contributed by atoms with Gasteiger partial charge in [0, 0.05) is 19.6 Å². The van der Waals surface area contributed by atoms with Crippen molar-refractivity contribution in [3.63, 3.8) is 0 Å². The Kier molecular flexibility index (Phi) is 3.70. The number of aliphatic carboxylic acids is 1. The van der Waals surface area contributed by atoms with Gasteiger partial charge in [-0.3, -0.25) is 9.59 Å². The fraction of sp³-hybridized carbons (Fsp3) is 0.833. The molecule has 2 aliphatic heterocycles. The molecule has 0 radical (unpaired) electrons. The van der Waals surface area contributed by atoms with Crippen LogP contribution in [-0.4, -0.2) is 54.2 Å². The molecular formula is C12H17F3N2O3. The van der Waals surface area contributed by atoms with Crippen LogP contribution >= 0.6 is 0 Å². The van der Waals surface area contributed by atoms with Crippen molar-refractivity contribution >= 4 is 11.9 Å². The number of carboxylic acids is 1. The van der Waals surface area contributed by atoms with Gasteiger partial charge in [-0.05, 0) is 18.9 Å². The van der Waals surface area contributed by atoms with Crippen molar-refractivity contribution in [2.75, 3.05) is 26.2 Å². The lowest BCUT2D eigenvalue weighted by atomic mass is 9.86. The highest BCUT2D eigenvalue weighted by molar-refractivity contribution is 5.83. The summed E-state index contributed by atoms with van der Waals surface area (Å²) in [5.41, 5.74) is -2.82. The van der Waals surface area contributed by atoms with Crippen molar-refractivity contribution in [1.82, 2.24) is 10.2 Å². The SMILES string of the molecule is CC1CNCC1C(=O)N1CCC(C(=O)O)(C(F)(F)F)C1. The number of hydrogen-bond acceptors (Lipinski definition) is 3. The van der Waals surface area contributed by atoms with E-state index >= 15 is 0 Å². The van der Waals surface area contributed by atoms with E-state index in [1.807, 2.05) is 6.92 Å². The molecule has 20 heavy (non-hydrogen) atoms. The summed E-state index contributed by atoms with van der Waals surface area (Å²) >= 11 is 0. The summed E-state index contributed by atoms with van der Waals surface area (Å²) in [5.74, 6) is -2.60. The molecule has 1 amide bonds. The molecule has 0 bridgehead atoms. The fourth-order valence-corrected chi connectivity index (χ4v) is 2.90. The lowest BCUT2D eigenvalue weighted by Crippen LogP contribution is -2.48. The molecule has 2 aliphatic rings. The number of rotatable bonds is 2. The molecule has 2 heterocycles. The summed E-state index contributed by atoms with van der Waals surface area (Å²) in [6.07, 6.45) is -5.43. The zero-order valence-corrected chi connectivity index (χ0v) is 11.0. The molecule has 0 aromatic rings. The molecule has 8 heteroatoms. The minimum atomic E-state index is -4.85. The van der Waals surface area contributed by atoms with Gasteiger partial charge in [0.15, 0.2) is 5.41 Å². The van der Waals surface area contributed by atoms with E-state index in [4.69, 9.17) is 5.11 Å². The van der Waals surface area contributed by atoms with Crippen molar-refractivity contribution in [1.29, 1.82) is 0 Å². The van der Waals surface area contributed by atoms with Gasteiger partial charge < -0.3 is 15.3 Å². The van der Waals surface area contributed by atoms with Crippen LogP contribution in [0.15, 0.2) is 0 Å². The largest absolute Gasteiger partial charge is 0.481 e. The highest BCUT2D eigenvalue weighted by Crippen LogP contribution is 2.46. The van der Waals surface area contributed by atoms with Gasteiger partial charge in [-0.15, -0.1) is 0 Å². The second-order valence-electron chi connectivity index (χ2n) is 5.64. The van der Waals surface area contributed by atoms with E-state index in [-0.39, 0.29) is 24.3 Å². The first-order valence-corrected chi connectivity index (χ1v) is 6.48. The van der Waals surface area contributed by atoms with Gasteiger partial charge in [0.2, 0.25) is 5.91 Å². The zero-order chi connectivity index (χ0) is 15.1. The van der Waals surface area contributed by atoms with Crippen LogP contribution in [0.25, 0.3) is 0 Å². The average molecular weight is 294 g/mol. The second kappa shape index (κ2) is 4.91. The molecular weight excluding hydrogens is 277 g/mol. The van der Waals surface area contributed by atoms with Crippen LogP contribution in [0.4, 0.5) is 13.2 Å². The summed E-state index contributed by atoms with van der Waals surface area (Å²) < 4.78 is 39.1. The van der Waals surface area contributed by atoms with E-state index in [2.05, 4.69) is 5.32 Å². The smallest absolute Gasteiger partial charge is 0.406 e. The third-order valence-corrected chi connectivity index (χ3v) is 4.37. The standard InChI is InChI=1S/C12H17F3N2O3/c1-7-4-16-5-8(7)9(18)17-3-2-11(6-17,10(19)20)12(13,14)15/h7-8,16H,2-6H2,1H3,(H,19,20). The van der Waals surface area contributed by atoms with Gasteiger partial charge in [-0.25, -0.2) is 0 Å². The van der Waals surface area contributed by atoms with Crippen molar-refractivity contribution < 1.29 is 27.9 Å². The molecule has 5 nitrogen and oxygen atoms in total. The van der Waals surface area contributed by atoms with Gasteiger partial charge in [0.25, 0.3) is 0 Å². The first-order chi connectivity index (χ1) is 9.19. The van der Waals surface area contributed by atoms with E-state index in [0.717, 1.165) is 4.90 Å². The van der Waals surface area contributed by atoms with Crippen molar-refractivity contribution in [2.45, 2.75) is 19.5 Å². The predicted octanol–water partition coefficient (Wildman–Crippen LogP) is 0.707. The summed E-state index contributed by atoms with van der Waals surface area (Å²) in [6.45, 7) is 1.99. The monoisotopic (exact) mass is 294 g/mol. The first-order valence-electron chi connectivity index (χ1n) is 6.48. The van der Waals surface area contributed by atoms with Gasteiger partial charge in [-0.2, -0.15) is 13.2 Å². The number of nitrogens with zero attached hydrogens (tertiary/aromatic N) is 1. The van der Waals surface area contributed by atoms with Crippen molar-refractivity contribution in [2.24, 2.45) is 17.3 Å². The number of hydrogen-bond donors (Lipinski definition) is 2. The van der Waals surface area contributed by atoms with Gasteiger partial charge in [0.05, 0.1) is 5.92 Å². The van der Waals surface area contributed by atoms with Gasteiger partial charge >= 0.3 is 12.1 Å². The fourth-order valence-electron chi connectivity index (χ4n) is 2.90. The molecule has 2 N–H and O–H groups in total. The number of carboxylic acid groups (broad SMARTS) is 1. The van der Waals surface area contributed by atoms with E-state index in [1.54, 1.807) is 0 Å². The number of nitrogens with one attached hydrogen (secondary N) is 1. The second-order valence-corrected chi connectivity index (χ2v) is 5.64. The lowest BCUT2D eigenvalue weighted by Gasteiger charge is -2.28. The summed E-state index contributed by atoms with van der Waals surface area (Å²) in [4.78, 5) is 24.3. The number of likely N-dealkylation sites (tertiary alicyclic amines) is 1. The molecule has 2 rings (SSSR count). The molecule has 0 aromatic heterocycles. The molecule has 0 aromatic carbocycles. The Bertz CT molecular complexity index is 427. The summed E-state index contributed by atoms with van der Waals surface area (Å²) in [6, 6.07) is 0. The average Bonchev–Trinajstić information content (AvgIpc) is 2.93. The third-order valence-electron chi connectivity index (χ3n) is 4.37. The highest BCUT2D eigenvalue weighted by Gasteiger charge is 2.64. The Morgan fingerprint density at radius 1 is 1.35 bits per heavy atom. The number of amides is 1. The Balaban J connectivity index is 2.15. The maximum Gasteiger partial charge on any atom is 0.406 e. The van der Waals surface area contributed by atoms with Crippen LogP contribution in [0.1, 0.15) is 13.3 Å². The van der Waals surface area contributed by atoms with Gasteiger partial charge in [0.1, 0.15) is 0 Å². The summed E-state index contributed by atoms with van der Waals surface area (Å²) in [7, 11) is 0. The van der Waals surface area contributed by atoms with E-state index in [1.165, 1.54) is 0 Å². The summed E-state index contributed by atoms with van der Waals surface area (Å²) in [5, 5.41) is 12.0. The number of halogens is 3. The highest BCUT2D eigenvalue weighted by atomic mass is 19.4. The van der Waals surface area contributed by atoms with Crippen LogP contribution in [-0.2, 0) is 9.59 Å². The Labute approximate surface area is 114 Å². The Morgan fingerprint density at radius 3 is 2.40 bits per heavy atom. The van der Waals surface area contributed by atoms with E-state index in [0.29, 0.717) is 13.1 Å². The minimum absolute atomic E-state index is 0.0493. The molecule has 0 saturated carbocycles. The van der Waals surface area contributed by atoms with Crippen LogP contribution < -0.4 is 5.32 Å². The molecule has 114 valence electrons. The Hall–Kier alpha value is -1.31. The quantitative estimate of drug-likeness (QED) is 0.787. The van der Waals surface area contributed by atoms with Crippen LogP contribution in [0, 0.1) is 17.3 Å². The van der Waals surface area contributed by atoms with Gasteiger partial charge in [-0.1, -0.05) is 6.92 Å². The maximum absolute atomic E-state index is 13.0. The topological polar surface area (TPSA) is 69.6 Å². The van der Waals surface area contributed by atoms with Crippen molar-refractivity contribution in [3.05, 3.63) is 0 Å². The predicted molar refractivity (Wildman–Crippen MR) is 62.8 cm³/mol.